The van der Waals surface area contributed by atoms with Crippen molar-refractivity contribution in [3.63, 3.8) is 0 Å². The van der Waals surface area contributed by atoms with E-state index >= 15 is 0 Å². The highest BCUT2D eigenvalue weighted by Gasteiger charge is 2.18. The van der Waals surface area contributed by atoms with Crippen molar-refractivity contribution < 1.29 is 0 Å². The van der Waals surface area contributed by atoms with Gasteiger partial charge in [0, 0.05) is 19.0 Å². The zero-order valence-corrected chi connectivity index (χ0v) is 14.5. The third-order valence-corrected chi connectivity index (χ3v) is 4.05. The van der Waals surface area contributed by atoms with E-state index < -0.39 is 0 Å². The van der Waals surface area contributed by atoms with Crippen molar-refractivity contribution in [2.75, 3.05) is 13.1 Å². The number of rotatable bonds is 5. The Balaban J connectivity index is 1.76. The van der Waals surface area contributed by atoms with E-state index in [0.29, 0.717) is 11.7 Å². The second-order valence-corrected chi connectivity index (χ2v) is 6.22. The van der Waals surface area contributed by atoms with Crippen molar-refractivity contribution in [2.45, 2.75) is 13.8 Å². The van der Waals surface area contributed by atoms with Gasteiger partial charge in [0.25, 0.3) is 0 Å². The minimum atomic E-state index is 0.228. The van der Waals surface area contributed by atoms with Crippen LogP contribution in [-0.2, 0) is 0 Å². The molecule has 0 saturated heterocycles. The molecule has 25 heavy (non-hydrogen) atoms. The summed E-state index contributed by atoms with van der Waals surface area (Å²) in [6.45, 7) is 5.74. The molecule has 3 heterocycles. The molecule has 7 heteroatoms. The van der Waals surface area contributed by atoms with Gasteiger partial charge in [-0.2, -0.15) is 0 Å². The molecule has 0 fully saturated rings. The molecule has 0 unspecified atom stereocenters. The lowest BCUT2D eigenvalue weighted by molar-refractivity contribution is 0.580. The van der Waals surface area contributed by atoms with Gasteiger partial charge in [-0.05, 0) is 35.8 Å². The molecule has 0 atom stereocenters. The quantitative estimate of drug-likeness (QED) is 0.452. The topological polar surface area (TPSA) is 102 Å². The Bertz CT molecular complexity index is 775. The fourth-order valence-electron chi connectivity index (χ4n) is 2.60. The maximum atomic E-state index is 7.45. The van der Waals surface area contributed by atoms with E-state index in [0.717, 1.165) is 35.8 Å². The molecule has 5 N–H and O–H groups in total. The fraction of sp³-hybridized carbons (Fsp3) is 0.278. The number of nitrogens with one attached hydrogen (secondary N) is 3. The maximum Gasteiger partial charge on any atom is 0.132 e. The smallest absolute Gasteiger partial charge is 0.132 e. The molecule has 0 amide bonds. The highest BCUT2D eigenvalue weighted by atomic mass is 15.2. The van der Waals surface area contributed by atoms with Crippen LogP contribution < -0.4 is 16.4 Å². The predicted octanol–water partition coefficient (Wildman–Crippen LogP) is 1.58. The average Bonchev–Trinajstić information content (AvgIpc) is 3.13. The molecular formula is C18H23N7. The standard InChI is InChI=1S/C18H23N7/c1-12(2)13(9-19)7-17(20)24-18-4-3-15-16(23-18)8-14(10-22-15)25-6-5-21-11-25/h3-4,7-12,19,22-23H,5-6H2,1-2H3,(H2,20,24). The summed E-state index contributed by atoms with van der Waals surface area (Å²) >= 11 is 0. The van der Waals surface area contributed by atoms with Gasteiger partial charge in [0.05, 0.1) is 30.0 Å². The summed E-state index contributed by atoms with van der Waals surface area (Å²) < 4.78 is 0. The number of hydrogen-bond acceptors (Lipinski definition) is 6. The van der Waals surface area contributed by atoms with Crippen molar-refractivity contribution in [2.24, 2.45) is 21.6 Å². The summed E-state index contributed by atoms with van der Waals surface area (Å²) in [5, 5.41) is 14.0. The van der Waals surface area contributed by atoms with Crippen molar-refractivity contribution in [1.82, 2.24) is 15.5 Å². The van der Waals surface area contributed by atoms with Crippen LogP contribution >= 0.6 is 0 Å². The molecule has 0 spiro atoms. The lowest BCUT2D eigenvalue weighted by Gasteiger charge is -2.26. The molecule has 0 aromatic carbocycles. The van der Waals surface area contributed by atoms with Gasteiger partial charge in [0.1, 0.15) is 11.7 Å². The molecule has 0 aromatic rings. The molecule has 0 bridgehead atoms. The summed E-state index contributed by atoms with van der Waals surface area (Å²) in [4.78, 5) is 10.7. The first kappa shape index (κ1) is 16.8. The first-order valence-electron chi connectivity index (χ1n) is 8.27. The summed E-state index contributed by atoms with van der Waals surface area (Å²) in [5.41, 5.74) is 9.81. The molecule has 3 rings (SSSR count). The van der Waals surface area contributed by atoms with Gasteiger partial charge >= 0.3 is 0 Å². The number of allylic oxidation sites excluding steroid dienone is 4. The molecule has 0 aromatic heterocycles. The number of dihydropyridines is 2. The van der Waals surface area contributed by atoms with Crippen molar-refractivity contribution >= 4 is 18.4 Å². The lowest BCUT2D eigenvalue weighted by Crippen LogP contribution is -2.30. The fourth-order valence-corrected chi connectivity index (χ4v) is 2.60. The van der Waals surface area contributed by atoms with E-state index in [9.17, 15) is 0 Å². The highest BCUT2D eigenvalue weighted by Crippen LogP contribution is 2.21. The summed E-state index contributed by atoms with van der Waals surface area (Å²) in [5.74, 6) is 1.26. The summed E-state index contributed by atoms with van der Waals surface area (Å²) in [7, 11) is 0. The van der Waals surface area contributed by atoms with E-state index in [1.165, 1.54) is 6.21 Å². The molecule has 0 saturated carbocycles. The van der Waals surface area contributed by atoms with Gasteiger partial charge in [0.15, 0.2) is 0 Å². The Morgan fingerprint density at radius 1 is 1.40 bits per heavy atom. The first-order chi connectivity index (χ1) is 12.1. The van der Waals surface area contributed by atoms with Crippen LogP contribution in [0.3, 0.4) is 0 Å². The minimum Gasteiger partial charge on any atom is -0.384 e. The van der Waals surface area contributed by atoms with Crippen molar-refractivity contribution in [3.8, 4) is 0 Å². The molecule has 3 aliphatic heterocycles. The Hall–Kier alpha value is -3.09. The second-order valence-electron chi connectivity index (χ2n) is 6.22. The van der Waals surface area contributed by atoms with Crippen LogP contribution in [-0.4, -0.2) is 36.4 Å². The Kier molecular flexibility index (Phi) is 4.83. The summed E-state index contributed by atoms with van der Waals surface area (Å²) in [6, 6.07) is 0. The highest BCUT2D eigenvalue weighted by molar-refractivity contribution is 5.97. The number of hydrogen-bond donors (Lipinski definition) is 4. The third kappa shape index (κ3) is 3.88. The van der Waals surface area contributed by atoms with Crippen LogP contribution in [0, 0.1) is 11.3 Å². The maximum absolute atomic E-state index is 7.45. The van der Waals surface area contributed by atoms with Crippen LogP contribution in [0.1, 0.15) is 13.8 Å². The van der Waals surface area contributed by atoms with Gasteiger partial charge in [-0.25, -0.2) is 4.99 Å². The van der Waals surface area contributed by atoms with Gasteiger partial charge in [-0.3, -0.25) is 4.99 Å². The number of aliphatic imine (C=N–C) groups is 2. The predicted molar refractivity (Wildman–Crippen MR) is 102 cm³/mol. The normalized spacial score (nSPS) is 20.2. The Labute approximate surface area is 147 Å². The SMILES string of the molecule is CC(C)C(C=N)=CC(N)=NC1=CC=C2NC=C(N3C=NCC3)C=C2N1. The van der Waals surface area contributed by atoms with E-state index in [-0.39, 0.29) is 5.92 Å². The van der Waals surface area contributed by atoms with E-state index in [4.69, 9.17) is 11.1 Å². The minimum absolute atomic E-state index is 0.228. The number of amidine groups is 1. The molecule has 0 aliphatic carbocycles. The number of fused-ring (bicyclic) bond motifs is 1. The van der Waals surface area contributed by atoms with Gasteiger partial charge in [0.2, 0.25) is 0 Å². The van der Waals surface area contributed by atoms with Gasteiger partial charge in [-0.1, -0.05) is 13.8 Å². The molecule has 3 aliphatic rings. The van der Waals surface area contributed by atoms with Crippen LogP contribution in [0.25, 0.3) is 0 Å². The van der Waals surface area contributed by atoms with Crippen molar-refractivity contribution in [1.29, 1.82) is 5.41 Å². The Morgan fingerprint density at radius 2 is 2.24 bits per heavy atom. The van der Waals surface area contributed by atoms with Crippen molar-refractivity contribution in [3.05, 3.63) is 59.0 Å². The van der Waals surface area contributed by atoms with Crippen LogP contribution in [0.15, 0.2) is 69.0 Å². The van der Waals surface area contributed by atoms with E-state index in [1.807, 2.05) is 38.5 Å². The zero-order valence-electron chi connectivity index (χ0n) is 14.5. The van der Waals surface area contributed by atoms with Crippen LogP contribution in [0.4, 0.5) is 0 Å². The average molecular weight is 337 g/mol. The monoisotopic (exact) mass is 337 g/mol. The zero-order chi connectivity index (χ0) is 17.8. The molecular weight excluding hydrogens is 314 g/mol. The lowest BCUT2D eigenvalue weighted by atomic mass is 10.0. The van der Waals surface area contributed by atoms with Gasteiger partial charge < -0.3 is 26.7 Å². The Morgan fingerprint density at radius 3 is 2.92 bits per heavy atom. The van der Waals surface area contributed by atoms with E-state index in [1.54, 1.807) is 6.08 Å². The van der Waals surface area contributed by atoms with E-state index in [2.05, 4.69) is 31.6 Å². The number of nitrogens with zero attached hydrogens (tertiary/aromatic N) is 3. The van der Waals surface area contributed by atoms with Gasteiger partial charge in [-0.15, -0.1) is 0 Å². The molecule has 0 radical (unpaired) electrons. The first-order valence-corrected chi connectivity index (χ1v) is 8.27. The largest absolute Gasteiger partial charge is 0.384 e. The molecule has 130 valence electrons. The van der Waals surface area contributed by atoms with Crippen LogP contribution in [0.5, 0.6) is 0 Å². The van der Waals surface area contributed by atoms with Crippen LogP contribution in [0.2, 0.25) is 0 Å². The number of nitrogens with two attached hydrogens (primary N) is 1. The summed E-state index contributed by atoms with van der Waals surface area (Å²) in [6.07, 6.45) is 12.8. The molecule has 7 nitrogen and oxygen atoms in total. The third-order valence-electron chi connectivity index (χ3n) is 4.05. The second kappa shape index (κ2) is 7.21.